The molecule has 1 aliphatic rings. The van der Waals surface area contributed by atoms with E-state index in [-0.39, 0.29) is 18.9 Å². The first-order valence-corrected chi connectivity index (χ1v) is 8.22. The predicted octanol–water partition coefficient (Wildman–Crippen LogP) is -1.84. The summed E-state index contributed by atoms with van der Waals surface area (Å²) in [4.78, 5) is 2.14. The first kappa shape index (κ1) is 16.8. The highest BCUT2D eigenvalue weighted by Gasteiger charge is 2.22. The van der Waals surface area contributed by atoms with Crippen molar-refractivity contribution in [2.45, 2.75) is 0 Å². The third-order valence-corrected chi connectivity index (χ3v) is 5.01. The molecule has 1 saturated heterocycles. The number of methoxy groups -OCH3 is 1. The number of piperazine rings is 1. The molecule has 0 bridgehead atoms. The van der Waals surface area contributed by atoms with Crippen molar-refractivity contribution >= 4 is 10.0 Å². The van der Waals surface area contributed by atoms with E-state index in [0.717, 1.165) is 26.2 Å². The summed E-state index contributed by atoms with van der Waals surface area (Å²) in [5.41, 5.74) is 0. The van der Waals surface area contributed by atoms with Crippen LogP contribution in [0.2, 0.25) is 0 Å². The van der Waals surface area contributed by atoms with Crippen LogP contribution in [0.4, 0.5) is 0 Å². The average Bonchev–Trinajstić information content (AvgIpc) is 2.42. The van der Waals surface area contributed by atoms with E-state index in [0.29, 0.717) is 19.7 Å². The fourth-order valence-electron chi connectivity index (χ4n) is 2.00. The topological polar surface area (TPSA) is 82.1 Å². The van der Waals surface area contributed by atoms with Gasteiger partial charge in [-0.15, -0.1) is 0 Å². The monoisotopic (exact) mass is 295 g/mol. The van der Waals surface area contributed by atoms with Crippen LogP contribution in [-0.2, 0) is 14.8 Å². The zero-order valence-corrected chi connectivity index (χ0v) is 12.4. The molecule has 0 saturated carbocycles. The number of nitrogens with one attached hydrogen (secondary N) is 1. The molecule has 19 heavy (non-hydrogen) atoms. The lowest BCUT2D eigenvalue weighted by Gasteiger charge is -2.28. The standard InChI is InChI=1S/C11H25N3O4S/c1-18-10-7-14(6-9-15)19(16,17)11-8-13-4-2-12-3-5-13/h12,15H,2-11H2,1H3. The molecule has 1 aliphatic heterocycles. The lowest BCUT2D eigenvalue weighted by molar-refractivity contribution is 0.168. The lowest BCUT2D eigenvalue weighted by Crippen LogP contribution is -2.46. The van der Waals surface area contributed by atoms with Crippen LogP contribution in [0.3, 0.4) is 0 Å². The molecular formula is C11H25N3O4S. The smallest absolute Gasteiger partial charge is 0.215 e. The van der Waals surface area contributed by atoms with Gasteiger partial charge in [0, 0.05) is 52.9 Å². The maximum atomic E-state index is 12.2. The molecule has 0 aromatic carbocycles. The minimum absolute atomic E-state index is 0.0940. The molecule has 0 aromatic rings. The van der Waals surface area contributed by atoms with Gasteiger partial charge in [-0.2, -0.15) is 4.31 Å². The molecule has 0 aromatic heterocycles. The Kier molecular flexibility index (Phi) is 7.81. The summed E-state index contributed by atoms with van der Waals surface area (Å²) >= 11 is 0. The third-order valence-electron chi connectivity index (χ3n) is 3.16. The van der Waals surface area contributed by atoms with Crippen LogP contribution in [0, 0.1) is 0 Å². The van der Waals surface area contributed by atoms with Gasteiger partial charge in [-0.3, -0.25) is 4.90 Å². The van der Waals surface area contributed by atoms with Crippen molar-refractivity contribution in [3.8, 4) is 0 Å². The molecule has 2 N–H and O–H groups in total. The van der Waals surface area contributed by atoms with Crippen molar-refractivity contribution in [3.63, 3.8) is 0 Å². The third kappa shape index (κ3) is 6.15. The van der Waals surface area contributed by atoms with Crippen molar-refractivity contribution in [1.29, 1.82) is 0 Å². The number of rotatable bonds is 9. The average molecular weight is 295 g/mol. The summed E-state index contributed by atoms with van der Waals surface area (Å²) in [6, 6.07) is 0. The molecule has 0 aliphatic carbocycles. The fraction of sp³-hybridized carbons (Fsp3) is 1.00. The van der Waals surface area contributed by atoms with Gasteiger partial charge in [0.1, 0.15) is 0 Å². The number of aliphatic hydroxyl groups is 1. The van der Waals surface area contributed by atoms with Crippen LogP contribution in [0.15, 0.2) is 0 Å². The molecule has 0 unspecified atom stereocenters. The molecule has 7 nitrogen and oxygen atoms in total. The van der Waals surface area contributed by atoms with Crippen LogP contribution < -0.4 is 5.32 Å². The highest BCUT2D eigenvalue weighted by Crippen LogP contribution is 2.03. The Bertz CT molecular complexity index is 331. The SMILES string of the molecule is COCCN(CCO)S(=O)(=O)CCN1CCNCC1. The number of ether oxygens (including phenoxy) is 1. The summed E-state index contributed by atoms with van der Waals surface area (Å²) in [7, 11) is -1.79. The number of nitrogens with zero attached hydrogens (tertiary/aromatic N) is 2. The summed E-state index contributed by atoms with van der Waals surface area (Å²) in [6.45, 7) is 4.71. The van der Waals surface area contributed by atoms with Crippen molar-refractivity contribution in [3.05, 3.63) is 0 Å². The zero-order chi connectivity index (χ0) is 14.1. The summed E-state index contributed by atoms with van der Waals surface area (Å²) in [5, 5.41) is 12.2. The summed E-state index contributed by atoms with van der Waals surface area (Å²) in [6.07, 6.45) is 0. The second-order valence-corrected chi connectivity index (χ2v) is 6.61. The van der Waals surface area contributed by atoms with Crippen LogP contribution in [0.1, 0.15) is 0 Å². The maximum absolute atomic E-state index is 12.2. The second-order valence-electron chi connectivity index (χ2n) is 4.52. The molecule has 0 amide bonds. The minimum atomic E-state index is -3.32. The highest BCUT2D eigenvalue weighted by molar-refractivity contribution is 7.89. The van der Waals surface area contributed by atoms with Crippen LogP contribution >= 0.6 is 0 Å². The van der Waals surface area contributed by atoms with E-state index in [4.69, 9.17) is 9.84 Å². The van der Waals surface area contributed by atoms with Gasteiger partial charge in [0.2, 0.25) is 10.0 Å². The van der Waals surface area contributed by atoms with Crippen LogP contribution in [0.5, 0.6) is 0 Å². The predicted molar refractivity (Wildman–Crippen MR) is 73.6 cm³/mol. The van der Waals surface area contributed by atoms with Crippen LogP contribution in [0.25, 0.3) is 0 Å². The van der Waals surface area contributed by atoms with Gasteiger partial charge in [0.15, 0.2) is 0 Å². The molecule has 1 rings (SSSR count). The molecule has 0 radical (unpaired) electrons. The molecule has 114 valence electrons. The largest absolute Gasteiger partial charge is 0.395 e. The van der Waals surface area contributed by atoms with E-state index < -0.39 is 10.0 Å². The number of aliphatic hydroxyl groups excluding tert-OH is 1. The Morgan fingerprint density at radius 3 is 2.58 bits per heavy atom. The number of hydrogen-bond donors (Lipinski definition) is 2. The maximum Gasteiger partial charge on any atom is 0.215 e. The Morgan fingerprint density at radius 1 is 1.32 bits per heavy atom. The molecular weight excluding hydrogens is 270 g/mol. The quantitative estimate of drug-likeness (QED) is 0.520. The van der Waals surface area contributed by atoms with Gasteiger partial charge < -0.3 is 15.2 Å². The first-order chi connectivity index (χ1) is 9.10. The van der Waals surface area contributed by atoms with Gasteiger partial charge in [-0.25, -0.2) is 8.42 Å². The van der Waals surface area contributed by atoms with E-state index in [1.54, 1.807) is 0 Å². The van der Waals surface area contributed by atoms with Crippen molar-refractivity contribution < 1.29 is 18.3 Å². The summed E-state index contributed by atoms with van der Waals surface area (Å²) in [5.74, 6) is 0.0940. The van der Waals surface area contributed by atoms with E-state index in [1.165, 1.54) is 11.4 Å². The van der Waals surface area contributed by atoms with E-state index in [1.807, 2.05) is 0 Å². The zero-order valence-electron chi connectivity index (χ0n) is 11.5. The van der Waals surface area contributed by atoms with Gasteiger partial charge in [-0.1, -0.05) is 0 Å². The number of sulfonamides is 1. The Labute approximate surface area is 115 Å². The molecule has 1 heterocycles. The normalized spacial score (nSPS) is 18.1. The van der Waals surface area contributed by atoms with Crippen molar-refractivity contribution in [1.82, 2.24) is 14.5 Å². The second kappa shape index (κ2) is 8.83. The van der Waals surface area contributed by atoms with Gasteiger partial charge >= 0.3 is 0 Å². The highest BCUT2D eigenvalue weighted by atomic mass is 32.2. The van der Waals surface area contributed by atoms with E-state index in [2.05, 4.69) is 10.2 Å². The lowest BCUT2D eigenvalue weighted by atomic mass is 10.4. The number of hydrogen-bond acceptors (Lipinski definition) is 6. The summed E-state index contributed by atoms with van der Waals surface area (Å²) < 4.78 is 30.6. The Hall–Kier alpha value is -0.250. The molecule has 8 heteroatoms. The van der Waals surface area contributed by atoms with Gasteiger partial charge in [0.05, 0.1) is 19.0 Å². The molecule has 1 fully saturated rings. The Morgan fingerprint density at radius 2 is 2.00 bits per heavy atom. The Balaban J connectivity index is 2.45. The van der Waals surface area contributed by atoms with E-state index in [9.17, 15) is 8.42 Å². The molecule has 0 spiro atoms. The minimum Gasteiger partial charge on any atom is -0.395 e. The van der Waals surface area contributed by atoms with Gasteiger partial charge in [-0.05, 0) is 0 Å². The van der Waals surface area contributed by atoms with E-state index >= 15 is 0 Å². The van der Waals surface area contributed by atoms with Crippen molar-refractivity contribution in [2.24, 2.45) is 0 Å². The van der Waals surface area contributed by atoms with Crippen LogP contribution in [-0.4, -0.2) is 94.6 Å². The van der Waals surface area contributed by atoms with Crippen molar-refractivity contribution in [2.75, 3.05) is 71.9 Å². The van der Waals surface area contributed by atoms with Gasteiger partial charge in [0.25, 0.3) is 0 Å². The molecule has 0 atom stereocenters. The first-order valence-electron chi connectivity index (χ1n) is 6.61. The fourth-order valence-corrected chi connectivity index (χ4v) is 3.46.